The van der Waals surface area contributed by atoms with Gasteiger partial charge in [-0.15, -0.1) is 0 Å². The molecule has 6 aliphatic rings. The van der Waals surface area contributed by atoms with E-state index in [1.54, 1.807) is 0 Å². The number of piperazine rings is 1. The zero-order chi connectivity index (χ0) is 39.7. The third kappa shape index (κ3) is 9.90. The number of rotatable bonds is 13. The predicted molar refractivity (Wildman–Crippen MR) is 238 cm³/mol. The molecule has 1 aliphatic carbocycles. The van der Waals surface area contributed by atoms with E-state index in [0.29, 0.717) is 18.0 Å². The summed E-state index contributed by atoms with van der Waals surface area (Å²) in [6.45, 7) is 22.1. The van der Waals surface area contributed by atoms with Crippen LogP contribution in [-0.4, -0.2) is 92.2 Å². The molecule has 0 aromatic heterocycles. The molecule has 8 rings (SSSR count). The molecule has 310 valence electrons. The first-order valence-corrected chi connectivity index (χ1v) is 22.2. The van der Waals surface area contributed by atoms with Gasteiger partial charge in [-0.1, -0.05) is 76.6 Å². The lowest BCUT2D eigenvalue weighted by Gasteiger charge is -2.39. The number of fused-ring (bicyclic) bond motifs is 4. The largest absolute Gasteiger partial charge is 0.476 e. The van der Waals surface area contributed by atoms with Gasteiger partial charge in [-0.2, -0.15) is 4.99 Å². The van der Waals surface area contributed by atoms with E-state index in [9.17, 15) is 4.79 Å². The Bertz CT molecular complexity index is 1730. The van der Waals surface area contributed by atoms with Crippen molar-refractivity contribution in [2.24, 2.45) is 16.8 Å². The van der Waals surface area contributed by atoms with Crippen LogP contribution in [0.2, 0.25) is 0 Å². The molecule has 0 spiro atoms. The first-order valence-electron chi connectivity index (χ1n) is 22.2. The number of benzene rings is 2. The number of ether oxygens (including phenoxy) is 2. The van der Waals surface area contributed by atoms with Gasteiger partial charge in [-0.05, 0) is 131 Å². The van der Waals surface area contributed by atoms with Gasteiger partial charge in [0.1, 0.15) is 12.4 Å². The Labute approximate surface area is 341 Å². The number of methoxy groups -OCH3 is 1. The Morgan fingerprint density at radius 3 is 2.36 bits per heavy atom. The summed E-state index contributed by atoms with van der Waals surface area (Å²) in [6.07, 6.45) is 18.2. The standard InChI is InChI=1S/C35H47N5O.C11H18O2.C2H6.2H2/c1-4-27-9-5-10-28-11-6-12-32(33(27)28)38-20-15-31(25(2)21-38)34(39-22-29-13-14-30(23-39)37-29)36-26(3)41-24-35-16-7-18-40(35)19-8-17-35;1-3-10(11(12)13-2)6-4-5-9-7-8-9;1-2;;/h5-6,9-12,29-30,37H,3-4,7-8,13-24H2,1-2H3;7-10H,3-6H2,1-2H3;1-2H3;2*1H/b36-34+;;;;. The summed E-state index contributed by atoms with van der Waals surface area (Å²) < 4.78 is 11.1. The maximum absolute atomic E-state index is 11.2. The van der Waals surface area contributed by atoms with Crippen molar-refractivity contribution in [1.82, 2.24) is 15.1 Å². The van der Waals surface area contributed by atoms with Crippen LogP contribution >= 0.6 is 0 Å². The Morgan fingerprint density at radius 2 is 1.73 bits per heavy atom. The molecule has 5 heterocycles. The molecular formula is C48H75N5O3. The second-order valence-corrected chi connectivity index (χ2v) is 16.8. The van der Waals surface area contributed by atoms with Crippen molar-refractivity contribution < 1.29 is 17.1 Å². The van der Waals surface area contributed by atoms with Crippen LogP contribution in [0.5, 0.6) is 0 Å². The number of likely N-dealkylation sites (tertiary alicyclic amines) is 1. The number of hydrogen-bond acceptors (Lipinski definition) is 7. The third-order valence-corrected chi connectivity index (χ3v) is 13.2. The smallest absolute Gasteiger partial charge is 0.308 e. The van der Waals surface area contributed by atoms with E-state index in [1.807, 2.05) is 20.8 Å². The summed E-state index contributed by atoms with van der Waals surface area (Å²) in [7, 11) is 1.47. The lowest BCUT2D eigenvalue weighted by atomic mass is 9.95. The van der Waals surface area contributed by atoms with Crippen molar-refractivity contribution in [1.29, 1.82) is 0 Å². The van der Waals surface area contributed by atoms with Crippen LogP contribution < -0.4 is 10.2 Å². The molecule has 56 heavy (non-hydrogen) atoms. The zero-order valence-electron chi connectivity index (χ0n) is 35.6. The van der Waals surface area contributed by atoms with E-state index in [0.717, 1.165) is 76.6 Å². The topological polar surface area (TPSA) is 69.6 Å². The molecule has 2 aromatic rings. The molecule has 8 nitrogen and oxygen atoms in total. The van der Waals surface area contributed by atoms with E-state index in [2.05, 4.69) is 89.0 Å². The van der Waals surface area contributed by atoms with Gasteiger partial charge < -0.3 is 24.6 Å². The Hall–Kier alpha value is -3.62. The highest BCUT2D eigenvalue weighted by Gasteiger charge is 2.45. The minimum absolute atomic E-state index is 0. The Kier molecular flexibility index (Phi) is 14.8. The van der Waals surface area contributed by atoms with Gasteiger partial charge in [-0.3, -0.25) is 9.69 Å². The molecule has 3 atom stereocenters. The minimum Gasteiger partial charge on any atom is -0.476 e. The maximum Gasteiger partial charge on any atom is 0.308 e. The highest BCUT2D eigenvalue weighted by molar-refractivity contribution is 6.01. The number of allylic oxidation sites excluding steroid dienone is 2. The molecule has 1 N–H and O–H groups in total. The second-order valence-electron chi connectivity index (χ2n) is 16.8. The lowest BCUT2D eigenvalue weighted by Crippen LogP contribution is -2.54. The average Bonchev–Trinajstić information content (AvgIpc) is 3.69. The van der Waals surface area contributed by atoms with Crippen LogP contribution in [0.1, 0.15) is 114 Å². The normalized spacial score (nSPS) is 23.3. The second kappa shape index (κ2) is 19.7. The molecule has 8 heteroatoms. The molecule has 2 aromatic carbocycles. The number of amidine groups is 1. The van der Waals surface area contributed by atoms with Crippen LogP contribution in [0.3, 0.4) is 0 Å². The molecule has 0 amide bonds. The molecule has 0 radical (unpaired) electrons. The quantitative estimate of drug-likeness (QED) is 0.0716. The number of aryl methyl sites for hydroxylation is 1. The molecule has 2 bridgehead atoms. The Morgan fingerprint density at radius 1 is 1.04 bits per heavy atom. The van der Waals surface area contributed by atoms with Gasteiger partial charge in [0.25, 0.3) is 0 Å². The number of nitrogens with zero attached hydrogens (tertiary/aromatic N) is 4. The van der Waals surface area contributed by atoms with Gasteiger partial charge in [0, 0.05) is 52.2 Å². The lowest BCUT2D eigenvalue weighted by molar-refractivity contribution is -0.145. The summed E-state index contributed by atoms with van der Waals surface area (Å²) >= 11 is 0. The summed E-state index contributed by atoms with van der Waals surface area (Å²) in [4.78, 5) is 24.2. The molecule has 4 saturated heterocycles. The summed E-state index contributed by atoms with van der Waals surface area (Å²) in [5.74, 6) is 2.50. The molecule has 5 aliphatic heterocycles. The predicted octanol–water partition coefficient (Wildman–Crippen LogP) is 9.94. The van der Waals surface area contributed by atoms with E-state index in [4.69, 9.17) is 14.5 Å². The fourth-order valence-electron chi connectivity index (χ4n) is 10.0. The van der Waals surface area contributed by atoms with Gasteiger partial charge in [0.05, 0.1) is 18.6 Å². The van der Waals surface area contributed by atoms with Crippen LogP contribution in [0.15, 0.2) is 77.2 Å². The number of anilines is 1. The van der Waals surface area contributed by atoms with Gasteiger partial charge in [-0.25, -0.2) is 0 Å². The molecule has 0 saturated carbocycles. The maximum atomic E-state index is 11.2. The number of hydrogen-bond donors (Lipinski definition) is 1. The first kappa shape index (κ1) is 42.0. The number of carbonyl (C=O) groups is 1. The van der Waals surface area contributed by atoms with Crippen LogP contribution in [0.25, 0.3) is 10.8 Å². The average molecular weight is 770 g/mol. The fourth-order valence-corrected chi connectivity index (χ4v) is 10.0. The van der Waals surface area contributed by atoms with E-state index < -0.39 is 0 Å². The Balaban J connectivity index is 0.000000375. The van der Waals surface area contributed by atoms with E-state index >= 15 is 0 Å². The molecule has 4 fully saturated rings. The van der Waals surface area contributed by atoms with Crippen molar-refractivity contribution in [3.8, 4) is 0 Å². The van der Waals surface area contributed by atoms with Crippen molar-refractivity contribution in [2.75, 3.05) is 57.9 Å². The minimum atomic E-state index is -0.0498. The number of aliphatic imine (C=N–C) groups is 1. The van der Waals surface area contributed by atoms with Crippen LogP contribution in [0.4, 0.5) is 5.69 Å². The summed E-state index contributed by atoms with van der Waals surface area (Å²) in [5.41, 5.74) is 5.81. The van der Waals surface area contributed by atoms with E-state index in [-0.39, 0.29) is 20.3 Å². The third-order valence-electron chi connectivity index (χ3n) is 13.2. The number of esters is 1. The zero-order valence-corrected chi connectivity index (χ0v) is 35.6. The molecular weight excluding hydrogens is 695 g/mol. The van der Waals surface area contributed by atoms with Crippen molar-refractivity contribution in [2.45, 2.75) is 129 Å². The van der Waals surface area contributed by atoms with Gasteiger partial charge in [0.15, 0.2) is 0 Å². The number of nitrogens with one attached hydrogen (secondary N) is 1. The van der Waals surface area contributed by atoms with Gasteiger partial charge >= 0.3 is 5.97 Å². The fraction of sp³-hybridized carbons (Fsp3) is 0.625. The van der Waals surface area contributed by atoms with E-state index in [1.165, 1.54) is 98.3 Å². The number of carbonyl (C=O) groups excluding carboxylic acids is 1. The highest BCUT2D eigenvalue weighted by atomic mass is 16.5. The van der Waals surface area contributed by atoms with Gasteiger partial charge in [0.2, 0.25) is 5.88 Å². The summed E-state index contributed by atoms with van der Waals surface area (Å²) in [5, 5.41) is 6.55. The van der Waals surface area contributed by atoms with Crippen LogP contribution in [-0.2, 0) is 20.7 Å². The molecule has 3 unspecified atom stereocenters. The van der Waals surface area contributed by atoms with Crippen molar-refractivity contribution in [3.05, 3.63) is 77.7 Å². The van der Waals surface area contributed by atoms with Crippen LogP contribution in [0, 0.1) is 11.8 Å². The SMILES string of the molecule is C=C(/N=C(\C1=C(C)CN(c2cccc3cccc(CC)c23)CC1)N1CC2CCC(C1)N2)OCC12CCCN1CCC2.CC.CCC(CCCC1C=C1)C(=O)OC.[HH].[HH]. The summed E-state index contributed by atoms with van der Waals surface area (Å²) in [6, 6.07) is 14.6. The van der Waals surface area contributed by atoms with Crippen molar-refractivity contribution >= 4 is 28.3 Å². The highest BCUT2D eigenvalue weighted by Crippen LogP contribution is 2.40. The monoisotopic (exact) mass is 770 g/mol. The first-order chi connectivity index (χ1) is 27.3. The van der Waals surface area contributed by atoms with Crippen molar-refractivity contribution in [3.63, 3.8) is 0 Å².